The van der Waals surface area contributed by atoms with Crippen molar-refractivity contribution in [3.05, 3.63) is 36.2 Å². The van der Waals surface area contributed by atoms with E-state index in [1.54, 1.807) is 0 Å². The molecule has 1 aliphatic rings. The zero-order valence-corrected chi connectivity index (χ0v) is 11.2. The average Bonchev–Trinajstić information content (AvgIpc) is 2.75. The molecule has 100 valence electrons. The van der Waals surface area contributed by atoms with Crippen molar-refractivity contribution in [2.75, 3.05) is 19.3 Å². The van der Waals surface area contributed by atoms with Crippen molar-refractivity contribution in [3.63, 3.8) is 0 Å². The van der Waals surface area contributed by atoms with E-state index >= 15 is 0 Å². The fraction of sp³-hybridized carbons (Fsp3) is 0.333. The molecule has 2 aromatic rings. The van der Waals surface area contributed by atoms with E-state index in [4.69, 9.17) is 4.52 Å². The topological polar surface area (TPSA) is 76.3 Å². The number of aromatic nitrogens is 2. The van der Waals surface area contributed by atoms with Crippen molar-refractivity contribution in [1.29, 1.82) is 0 Å². The lowest BCUT2D eigenvalue weighted by molar-refractivity contribution is 0.218. The van der Waals surface area contributed by atoms with E-state index in [1.807, 2.05) is 30.3 Å². The first-order valence-electron chi connectivity index (χ1n) is 5.88. The third-order valence-corrected chi connectivity index (χ3v) is 4.38. The average molecular weight is 279 g/mol. The molecule has 0 spiro atoms. The zero-order chi connectivity index (χ0) is 13.5. The molecule has 6 nitrogen and oxygen atoms in total. The standard InChI is InChI=1S/C12H13N3O3S/c1-19(16,17)15-7-10(8-15)12-13-11(14-18-12)9-5-3-2-4-6-9/h2-6,10H,7-8H2,1H3. The minimum absolute atomic E-state index is 0.000290. The fourth-order valence-electron chi connectivity index (χ4n) is 1.97. The van der Waals surface area contributed by atoms with Gasteiger partial charge in [-0.3, -0.25) is 0 Å². The van der Waals surface area contributed by atoms with E-state index in [1.165, 1.54) is 10.6 Å². The van der Waals surface area contributed by atoms with Crippen LogP contribution in [0.5, 0.6) is 0 Å². The van der Waals surface area contributed by atoms with Gasteiger partial charge in [-0.1, -0.05) is 35.5 Å². The highest BCUT2D eigenvalue weighted by atomic mass is 32.2. The van der Waals surface area contributed by atoms with Crippen LogP contribution in [0.2, 0.25) is 0 Å². The molecule has 1 aliphatic heterocycles. The van der Waals surface area contributed by atoms with Gasteiger partial charge in [0.15, 0.2) is 0 Å². The molecule has 3 rings (SSSR count). The predicted octanol–water partition coefficient (Wildman–Crippen LogP) is 1.10. The first kappa shape index (κ1) is 12.3. The third kappa shape index (κ3) is 2.39. The van der Waals surface area contributed by atoms with Gasteiger partial charge in [0.25, 0.3) is 0 Å². The molecule has 0 radical (unpaired) electrons. The number of hydrogen-bond donors (Lipinski definition) is 0. The van der Waals surface area contributed by atoms with Crippen LogP contribution in [0.1, 0.15) is 11.8 Å². The van der Waals surface area contributed by atoms with E-state index in [0.717, 1.165) is 5.56 Å². The van der Waals surface area contributed by atoms with Crippen LogP contribution < -0.4 is 0 Å². The molecule has 0 N–H and O–H groups in total. The summed E-state index contributed by atoms with van der Waals surface area (Å²) < 4.78 is 29.1. The summed E-state index contributed by atoms with van der Waals surface area (Å²) in [6.07, 6.45) is 1.20. The summed E-state index contributed by atoms with van der Waals surface area (Å²) in [5, 5.41) is 3.92. The Morgan fingerprint density at radius 1 is 1.26 bits per heavy atom. The summed E-state index contributed by atoms with van der Waals surface area (Å²) >= 11 is 0. The molecular weight excluding hydrogens is 266 g/mol. The van der Waals surface area contributed by atoms with Crippen LogP contribution in [0.15, 0.2) is 34.9 Å². The van der Waals surface area contributed by atoms with Crippen LogP contribution >= 0.6 is 0 Å². The summed E-state index contributed by atoms with van der Waals surface area (Å²) in [6.45, 7) is 0.824. The van der Waals surface area contributed by atoms with Gasteiger partial charge in [0, 0.05) is 18.7 Å². The van der Waals surface area contributed by atoms with Crippen LogP contribution in [0.4, 0.5) is 0 Å². The van der Waals surface area contributed by atoms with Gasteiger partial charge in [0.1, 0.15) is 0 Å². The Balaban J connectivity index is 1.74. The van der Waals surface area contributed by atoms with Crippen LogP contribution in [-0.2, 0) is 10.0 Å². The molecular formula is C12H13N3O3S. The van der Waals surface area contributed by atoms with E-state index in [-0.39, 0.29) is 5.92 Å². The van der Waals surface area contributed by atoms with Gasteiger partial charge in [-0.25, -0.2) is 12.7 Å². The summed E-state index contributed by atoms with van der Waals surface area (Å²) in [5.41, 5.74) is 0.886. The molecule has 0 saturated carbocycles. The third-order valence-electron chi connectivity index (χ3n) is 3.14. The number of sulfonamides is 1. The number of benzene rings is 1. The van der Waals surface area contributed by atoms with Gasteiger partial charge >= 0.3 is 0 Å². The van der Waals surface area contributed by atoms with Gasteiger partial charge in [0.05, 0.1) is 12.2 Å². The van der Waals surface area contributed by atoms with Crippen molar-refractivity contribution in [2.45, 2.75) is 5.92 Å². The van der Waals surface area contributed by atoms with Gasteiger partial charge in [0.2, 0.25) is 21.7 Å². The molecule has 1 aromatic heterocycles. The lowest BCUT2D eigenvalue weighted by Crippen LogP contribution is -2.47. The van der Waals surface area contributed by atoms with Crippen molar-refractivity contribution in [1.82, 2.24) is 14.4 Å². The SMILES string of the molecule is CS(=O)(=O)N1CC(c2nc(-c3ccccc3)no2)C1. The van der Waals surface area contributed by atoms with E-state index in [9.17, 15) is 8.42 Å². The van der Waals surface area contributed by atoms with Crippen LogP contribution in [0, 0.1) is 0 Å². The van der Waals surface area contributed by atoms with Crippen molar-refractivity contribution in [3.8, 4) is 11.4 Å². The second-order valence-corrected chi connectivity index (χ2v) is 6.58. The van der Waals surface area contributed by atoms with E-state index in [2.05, 4.69) is 10.1 Å². The molecule has 0 atom stereocenters. The monoisotopic (exact) mass is 279 g/mol. The maximum Gasteiger partial charge on any atom is 0.232 e. The summed E-state index contributed by atoms with van der Waals surface area (Å²) in [5.74, 6) is 1.03. The summed E-state index contributed by atoms with van der Waals surface area (Å²) in [7, 11) is -3.11. The molecule has 7 heteroatoms. The zero-order valence-electron chi connectivity index (χ0n) is 10.4. The molecule has 1 saturated heterocycles. The summed E-state index contributed by atoms with van der Waals surface area (Å²) in [6, 6.07) is 9.52. The van der Waals surface area contributed by atoms with Crippen LogP contribution in [0.3, 0.4) is 0 Å². The highest BCUT2D eigenvalue weighted by molar-refractivity contribution is 7.88. The van der Waals surface area contributed by atoms with E-state index in [0.29, 0.717) is 24.8 Å². The Labute approximate surface area is 111 Å². The van der Waals surface area contributed by atoms with Gasteiger partial charge < -0.3 is 4.52 Å². The second kappa shape index (κ2) is 4.43. The Bertz CT molecular complexity index is 675. The largest absolute Gasteiger partial charge is 0.339 e. The number of hydrogen-bond acceptors (Lipinski definition) is 5. The molecule has 2 heterocycles. The number of rotatable bonds is 3. The maximum absolute atomic E-state index is 11.3. The fourth-order valence-corrected chi connectivity index (χ4v) is 2.87. The lowest BCUT2D eigenvalue weighted by Gasteiger charge is -2.34. The van der Waals surface area contributed by atoms with Crippen LogP contribution in [-0.4, -0.2) is 42.2 Å². The highest BCUT2D eigenvalue weighted by Gasteiger charge is 2.37. The first-order valence-corrected chi connectivity index (χ1v) is 7.73. The van der Waals surface area contributed by atoms with Crippen molar-refractivity contribution < 1.29 is 12.9 Å². The maximum atomic E-state index is 11.3. The van der Waals surface area contributed by atoms with E-state index < -0.39 is 10.0 Å². The molecule has 0 amide bonds. The summed E-state index contributed by atoms with van der Waals surface area (Å²) in [4.78, 5) is 4.32. The Morgan fingerprint density at radius 2 is 1.95 bits per heavy atom. The lowest BCUT2D eigenvalue weighted by atomic mass is 10.0. The smallest absolute Gasteiger partial charge is 0.232 e. The molecule has 0 unspecified atom stereocenters. The Morgan fingerprint density at radius 3 is 2.58 bits per heavy atom. The van der Waals surface area contributed by atoms with Gasteiger partial charge in [-0.15, -0.1) is 0 Å². The molecule has 19 heavy (non-hydrogen) atoms. The Kier molecular flexibility index (Phi) is 2.87. The minimum Gasteiger partial charge on any atom is -0.339 e. The van der Waals surface area contributed by atoms with Crippen LogP contribution in [0.25, 0.3) is 11.4 Å². The van der Waals surface area contributed by atoms with Gasteiger partial charge in [-0.05, 0) is 0 Å². The Hall–Kier alpha value is -1.73. The number of nitrogens with zero attached hydrogens (tertiary/aromatic N) is 3. The van der Waals surface area contributed by atoms with Crippen molar-refractivity contribution in [2.24, 2.45) is 0 Å². The van der Waals surface area contributed by atoms with Crippen molar-refractivity contribution >= 4 is 10.0 Å². The van der Waals surface area contributed by atoms with Gasteiger partial charge in [-0.2, -0.15) is 4.98 Å². The molecule has 0 aliphatic carbocycles. The first-order chi connectivity index (χ1) is 9.04. The minimum atomic E-state index is -3.11. The predicted molar refractivity (Wildman–Crippen MR) is 68.9 cm³/mol. The second-order valence-electron chi connectivity index (χ2n) is 4.60. The molecule has 1 aromatic carbocycles. The normalized spacial score (nSPS) is 17.3. The molecule has 1 fully saturated rings. The quantitative estimate of drug-likeness (QED) is 0.840. The molecule has 0 bridgehead atoms. The highest BCUT2D eigenvalue weighted by Crippen LogP contribution is 2.28.